The van der Waals surface area contributed by atoms with E-state index in [-0.39, 0.29) is 5.97 Å². The van der Waals surface area contributed by atoms with Crippen LogP contribution in [0.4, 0.5) is 0 Å². The zero-order valence-electron chi connectivity index (χ0n) is 8.57. The Morgan fingerprint density at radius 1 is 1.64 bits per heavy atom. The lowest BCUT2D eigenvalue weighted by Crippen LogP contribution is -2.27. The summed E-state index contributed by atoms with van der Waals surface area (Å²) < 4.78 is 5.97. The first-order valence-electron chi connectivity index (χ1n) is 4.31. The van der Waals surface area contributed by atoms with Gasteiger partial charge in [-0.2, -0.15) is 0 Å². The molecule has 0 N–H and O–H groups in total. The SMILES string of the molecule is COC(=O)C(C)(C)CSc1cccs1. The zero-order chi connectivity index (χ0) is 10.6. The van der Waals surface area contributed by atoms with Crippen LogP contribution in [0, 0.1) is 5.41 Å². The molecule has 1 aromatic rings. The van der Waals surface area contributed by atoms with E-state index in [0.29, 0.717) is 0 Å². The maximum absolute atomic E-state index is 11.4. The fourth-order valence-electron chi connectivity index (χ4n) is 0.932. The van der Waals surface area contributed by atoms with Crippen molar-refractivity contribution in [1.29, 1.82) is 0 Å². The molecular formula is C10H14O2S2. The number of ether oxygens (including phenoxy) is 1. The molecule has 0 saturated carbocycles. The third-order valence-electron chi connectivity index (χ3n) is 1.81. The second-order valence-corrected chi connectivity index (χ2v) is 5.82. The van der Waals surface area contributed by atoms with Crippen molar-refractivity contribution in [2.75, 3.05) is 12.9 Å². The fourth-order valence-corrected chi connectivity index (χ4v) is 2.79. The van der Waals surface area contributed by atoms with Crippen LogP contribution in [0.1, 0.15) is 13.8 Å². The standard InChI is InChI=1S/C10H14O2S2/c1-10(2,9(11)12-3)7-14-8-5-4-6-13-8/h4-6H,7H2,1-3H3. The number of rotatable bonds is 4. The summed E-state index contributed by atoms with van der Waals surface area (Å²) in [5.74, 6) is 0.599. The molecule has 0 amide bonds. The third kappa shape index (κ3) is 3.03. The van der Waals surface area contributed by atoms with Gasteiger partial charge in [0.2, 0.25) is 0 Å². The largest absolute Gasteiger partial charge is 0.469 e. The van der Waals surface area contributed by atoms with Crippen LogP contribution in [0.15, 0.2) is 21.7 Å². The Morgan fingerprint density at radius 3 is 2.86 bits per heavy atom. The van der Waals surface area contributed by atoms with Gasteiger partial charge in [0.15, 0.2) is 0 Å². The average Bonchev–Trinajstić information content (AvgIpc) is 2.66. The van der Waals surface area contributed by atoms with E-state index in [1.807, 2.05) is 25.3 Å². The van der Waals surface area contributed by atoms with E-state index in [0.717, 1.165) is 5.75 Å². The predicted molar refractivity (Wildman–Crippen MR) is 60.8 cm³/mol. The van der Waals surface area contributed by atoms with Crippen molar-refractivity contribution in [3.05, 3.63) is 17.5 Å². The Morgan fingerprint density at radius 2 is 2.36 bits per heavy atom. The Hall–Kier alpha value is -0.480. The van der Waals surface area contributed by atoms with Gasteiger partial charge in [0.05, 0.1) is 16.7 Å². The van der Waals surface area contributed by atoms with E-state index in [1.165, 1.54) is 11.3 Å². The van der Waals surface area contributed by atoms with Crippen LogP contribution in [-0.4, -0.2) is 18.8 Å². The van der Waals surface area contributed by atoms with Gasteiger partial charge in [0, 0.05) is 5.75 Å². The van der Waals surface area contributed by atoms with Gasteiger partial charge in [-0.1, -0.05) is 6.07 Å². The molecule has 1 rings (SSSR count). The van der Waals surface area contributed by atoms with Crippen LogP contribution in [0.5, 0.6) is 0 Å². The van der Waals surface area contributed by atoms with Crippen LogP contribution in [-0.2, 0) is 9.53 Å². The van der Waals surface area contributed by atoms with Gasteiger partial charge < -0.3 is 4.74 Å². The summed E-state index contributed by atoms with van der Waals surface area (Å²) in [6.07, 6.45) is 0. The molecule has 0 bridgehead atoms. The Labute approximate surface area is 92.7 Å². The molecule has 0 radical (unpaired) electrons. The van der Waals surface area contributed by atoms with E-state index >= 15 is 0 Å². The van der Waals surface area contributed by atoms with Crippen LogP contribution >= 0.6 is 23.1 Å². The number of carbonyl (C=O) groups excluding carboxylic acids is 1. The highest BCUT2D eigenvalue weighted by molar-refractivity contribution is 8.01. The Kier molecular flexibility index (Phi) is 4.01. The summed E-state index contributed by atoms with van der Waals surface area (Å²) in [6.45, 7) is 3.80. The lowest BCUT2D eigenvalue weighted by molar-refractivity contribution is -0.149. The van der Waals surface area contributed by atoms with Crippen molar-refractivity contribution in [2.24, 2.45) is 5.41 Å². The molecule has 2 nitrogen and oxygen atoms in total. The molecule has 0 saturated heterocycles. The number of esters is 1. The second-order valence-electron chi connectivity index (χ2n) is 3.60. The summed E-state index contributed by atoms with van der Waals surface area (Å²) in [5, 5.41) is 2.04. The van der Waals surface area contributed by atoms with E-state index in [4.69, 9.17) is 4.74 Å². The second kappa shape index (κ2) is 4.84. The van der Waals surface area contributed by atoms with E-state index in [9.17, 15) is 4.79 Å². The molecule has 0 fully saturated rings. The molecule has 0 aliphatic rings. The highest BCUT2D eigenvalue weighted by Gasteiger charge is 2.28. The monoisotopic (exact) mass is 230 g/mol. The molecule has 0 aromatic carbocycles. The highest BCUT2D eigenvalue weighted by Crippen LogP contribution is 2.31. The lowest BCUT2D eigenvalue weighted by Gasteiger charge is -2.20. The summed E-state index contributed by atoms with van der Waals surface area (Å²) in [6, 6.07) is 4.07. The first-order chi connectivity index (χ1) is 6.56. The van der Waals surface area contributed by atoms with Crippen LogP contribution in [0.2, 0.25) is 0 Å². The minimum Gasteiger partial charge on any atom is -0.469 e. The lowest BCUT2D eigenvalue weighted by atomic mass is 9.97. The van der Waals surface area contributed by atoms with Gasteiger partial charge in [-0.05, 0) is 25.3 Å². The number of hydrogen-bond acceptors (Lipinski definition) is 4. The number of thiophene rings is 1. The van der Waals surface area contributed by atoms with Crippen molar-refractivity contribution in [3.8, 4) is 0 Å². The minimum atomic E-state index is -0.413. The topological polar surface area (TPSA) is 26.3 Å². The molecule has 0 spiro atoms. The number of thioether (sulfide) groups is 1. The molecule has 0 unspecified atom stereocenters. The summed E-state index contributed by atoms with van der Waals surface area (Å²) in [5.41, 5.74) is -0.413. The summed E-state index contributed by atoms with van der Waals surface area (Å²) in [7, 11) is 1.43. The molecule has 78 valence electrons. The molecular weight excluding hydrogens is 216 g/mol. The maximum atomic E-state index is 11.4. The maximum Gasteiger partial charge on any atom is 0.312 e. The molecule has 0 aliphatic heterocycles. The van der Waals surface area contributed by atoms with Crippen molar-refractivity contribution < 1.29 is 9.53 Å². The predicted octanol–water partition coefficient (Wildman–Crippen LogP) is 3.04. The Bertz CT molecular complexity index is 291. The van der Waals surface area contributed by atoms with Crippen molar-refractivity contribution in [1.82, 2.24) is 0 Å². The van der Waals surface area contributed by atoms with Gasteiger partial charge in [0.25, 0.3) is 0 Å². The molecule has 0 atom stereocenters. The van der Waals surface area contributed by atoms with Gasteiger partial charge in [0.1, 0.15) is 0 Å². The summed E-state index contributed by atoms with van der Waals surface area (Å²) in [4.78, 5) is 11.4. The quantitative estimate of drug-likeness (QED) is 0.587. The molecule has 0 aliphatic carbocycles. The molecule has 1 heterocycles. The molecule has 14 heavy (non-hydrogen) atoms. The van der Waals surface area contributed by atoms with Crippen LogP contribution < -0.4 is 0 Å². The van der Waals surface area contributed by atoms with Gasteiger partial charge in [-0.15, -0.1) is 23.1 Å². The number of hydrogen-bond donors (Lipinski definition) is 0. The highest BCUT2D eigenvalue weighted by atomic mass is 32.2. The minimum absolute atomic E-state index is 0.151. The number of carbonyl (C=O) groups is 1. The first-order valence-corrected chi connectivity index (χ1v) is 6.17. The van der Waals surface area contributed by atoms with Crippen molar-refractivity contribution in [2.45, 2.75) is 18.1 Å². The fraction of sp³-hybridized carbons (Fsp3) is 0.500. The first kappa shape index (κ1) is 11.6. The van der Waals surface area contributed by atoms with Gasteiger partial charge >= 0.3 is 5.97 Å². The number of methoxy groups -OCH3 is 1. The van der Waals surface area contributed by atoms with Crippen LogP contribution in [0.3, 0.4) is 0 Å². The van der Waals surface area contributed by atoms with Crippen molar-refractivity contribution in [3.63, 3.8) is 0 Å². The van der Waals surface area contributed by atoms with Crippen LogP contribution in [0.25, 0.3) is 0 Å². The van der Waals surface area contributed by atoms with E-state index < -0.39 is 5.41 Å². The van der Waals surface area contributed by atoms with E-state index in [1.54, 1.807) is 23.1 Å². The van der Waals surface area contributed by atoms with E-state index in [2.05, 4.69) is 6.07 Å². The Balaban J connectivity index is 2.48. The van der Waals surface area contributed by atoms with Gasteiger partial charge in [-0.25, -0.2) is 0 Å². The normalized spacial score (nSPS) is 11.4. The van der Waals surface area contributed by atoms with Gasteiger partial charge in [-0.3, -0.25) is 4.79 Å². The molecule has 1 aromatic heterocycles. The van der Waals surface area contributed by atoms with Crippen molar-refractivity contribution >= 4 is 29.1 Å². The average molecular weight is 230 g/mol. The zero-order valence-corrected chi connectivity index (χ0v) is 10.2. The third-order valence-corrected chi connectivity index (χ3v) is 4.40. The molecule has 4 heteroatoms. The smallest absolute Gasteiger partial charge is 0.312 e. The summed E-state index contributed by atoms with van der Waals surface area (Å²) >= 11 is 3.39.